The Balaban J connectivity index is 1.36. The second-order valence-corrected chi connectivity index (χ2v) is 7.44. The second-order valence-electron chi connectivity index (χ2n) is 7.44. The Morgan fingerprint density at radius 3 is 2.55 bits per heavy atom. The lowest BCUT2D eigenvalue weighted by atomic mass is 10.2. The number of carbonyl (C=O) groups excluding carboxylic acids is 2. The highest BCUT2D eigenvalue weighted by Crippen LogP contribution is 2.30. The van der Waals surface area contributed by atoms with Crippen LogP contribution >= 0.6 is 0 Å². The van der Waals surface area contributed by atoms with Gasteiger partial charge in [0, 0.05) is 40.7 Å². The molecule has 0 saturated heterocycles. The van der Waals surface area contributed by atoms with Gasteiger partial charge in [-0.1, -0.05) is 18.2 Å². The number of anilines is 2. The fourth-order valence-corrected chi connectivity index (χ4v) is 3.06. The lowest BCUT2D eigenvalue weighted by Crippen LogP contribution is -2.20. The van der Waals surface area contributed by atoms with E-state index in [0.717, 1.165) is 12.8 Å². The molecule has 0 radical (unpaired) electrons. The van der Waals surface area contributed by atoms with Crippen molar-refractivity contribution in [1.29, 1.82) is 0 Å². The van der Waals surface area contributed by atoms with Crippen LogP contribution in [0.4, 0.5) is 11.4 Å². The summed E-state index contributed by atoms with van der Waals surface area (Å²) in [6.45, 7) is 1.55. The number of hydrogen-bond donors (Lipinski definition) is 3. The van der Waals surface area contributed by atoms with Crippen LogP contribution < -0.4 is 20.9 Å². The third-order valence-corrected chi connectivity index (χ3v) is 4.71. The molecule has 0 bridgehead atoms. The number of aromatic nitrogens is 2. The molecule has 3 N–H and O–H groups in total. The number of aryl methyl sites for hydroxylation is 1. The van der Waals surface area contributed by atoms with Crippen LogP contribution in [0.2, 0.25) is 0 Å². The van der Waals surface area contributed by atoms with Crippen molar-refractivity contribution >= 4 is 23.2 Å². The van der Waals surface area contributed by atoms with Crippen LogP contribution in [0.25, 0.3) is 11.4 Å². The van der Waals surface area contributed by atoms with Gasteiger partial charge in [-0.05, 0) is 44.0 Å². The van der Waals surface area contributed by atoms with E-state index in [1.54, 1.807) is 55.5 Å². The van der Waals surface area contributed by atoms with E-state index < -0.39 is 0 Å². The van der Waals surface area contributed by atoms with Crippen molar-refractivity contribution in [3.63, 3.8) is 0 Å². The molecule has 2 aromatic carbocycles. The topological polar surface area (TPSA) is 113 Å². The van der Waals surface area contributed by atoms with E-state index in [-0.39, 0.29) is 29.9 Å². The van der Waals surface area contributed by atoms with Crippen LogP contribution in [0.3, 0.4) is 0 Å². The first kappa shape index (κ1) is 20.3. The number of rotatable bonds is 7. The van der Waals surface area contributed by atoms with E-state index in [1.165, 1.54) is 6.07 Å². The molecule has 1 aliphatic carbocycles. The van der Waals surface area contributed by atoms with Crippen molar-refractivity contribution in [2.24, 2.45) is 5.92 Å². The minimum atomic E-state index is -0.338. The first-order valence-electron chi connectivity index (χ1n) is 9.98. The predicted octanol–water partition coefficient (Wildman–Crippen LogP) is 3.11. The molecule has 8 heteroatoms. The summed E-state index contributed by atoms with van der Waals surface area (Å²) in [5.41, 5.74) is 2.25. The van der Waals surface area contributed by atoms with Crippen LogP contribution in [0.5, 0.6) is 5.75 Å². The quantitative estimate of drug-likeness (QED) is 0.546. The van der Waals surface area contributed by atoms with E-state index in [2.05, 4.69) is 20.6 Å². The molecule has 1 aliphatic rings. The molecule has 1 fully saturated rings. The molecule has 2 amide bonds. The number of nitrogens with zero attached hydrogens (tertiary/aromatic N) is 1. The van der Waals surface area contributed by atoms with E-state index in [0.29, 0.717) is 34.2 Å². The Bertz CT molecular complexity index is 1180. The molecular formula is C23H22N4O4. The predicted molar refractivity (Wildman–Crippen MR) is 117 cm³/mol. The maximum Gasteiger partial charge on any atom is 0.262 e. The van der Waals surface area contributed by atoms with Crippen molar-refractivity contribution in [2.75, 3.05) is 17.2 Å². The molecule has 0 atom stereocenters. The molecule has 1 saturated carbocycles. The minimum absolute atomic E-state index is 0.0132. The highest BCUT2D eigenvalue weighted by atomic mass is 16.5. The van der Waals surface area contributed by atoms with Gasteiger partial charge in [-0.25, -0.2) is 4.98 Å². The summed E-state index contributed by atoms with van der Waals surface area (Å²) in [7, 11) is 0. The van der Waals surface area contributed by atoms with Gasteiger partial charge in [-0.3, -0.25) is 14.4 Å². The number of hydrogen-bond acceptors (Lipinski definition) is 5. The van der Waals surface area contributed by atoms with Gasteiger partial charge in [-0.15, -0.1) is 0 Å². The normalized spacial score (nSPS) is 12.8. The van der Waals surface area contributed by atoms with Crippen LogP contribution in [0.1, 0.15) is 18.5 Å². The fourth-order valence-electron chi connectivity index (χ4n) is 3.06. The zero-order chi connectivity index (χ0) is 21.8. The number of nitrogens with one attached hydrogen (secondary N) is 3. The monoisotopic (exact) mass is 418 g/mol. The van der Waals surface area contributed by atoms with Crippen molar-refractivity contribution in [3.05, 3.63) is 70.6 Å². The Morgan fingerprint density at radius 2 is 1.81 bits per heavy atom. The summed E-state index contributed by atoms with van der Waals surface area (Å²) in [6.07, 6.45) is 1.86. The number of ether oxygens (including phenoxy) is 1. The molecule has 31 heavy (non-hydrogen) atoms. The highest BCUT2D eigenvalue weighted by Gasteiger charge is 2.29. The number of carbonyl (C=O) groups is 2. The lowest BCUT2D eigenvalue weighted by Gasteiger charge is -2.10. The average molecular weight is 418 g/mol. The summed E-state index contributed by atoms with van der Waals surface area (Å²) in [6, 6.07) is 15.4. The highest BCUT2D eigenvalue weighted by molar-refractivity contribution is 5.94. The SMILES string of the molecule is Cc1cc(=O)[nH]c(-c2cccc(NC(=O)COc3cccc(NC(=O)C4CC4)c3)c2)n1. The van der Waals surface area contributed by atoms with E-state index in [9.17, 15) is 14.4 Å². The van der Waals surface area contributed by atoms with E-state index >= 15 is 0 Å². The Hall–Kier alpha value is -3.94. The second kappa shape index (κ2) is 8.83. The molecule has 4 rings (SSSR count). The van der Waals surface area contributed by atoms with Crippen LogP contribution in [-0.2, 0) is 9.59 Å². The summed E-state index contributed by atoms with van der Waals surface area (Å²) >= 11 is 0. The largest absolute Gasteiger partial charge is 0.484 e. The molecule has 0 unspecified atom stereocenters. The van der Waals surface area contributed by atoms with Gasteiger partial charge < -0.3 is 20.4 Å². The van der Waals surface area contributed by atoms with Gasteiger partial charge >= 0.3 is 0 Å². The Labute approximate surface area is 178 Å². The van der Waals surface area contributed by atoms with Crippen molar-refractivity contribution < 1.29 is 14.3 Å². The van der Waals surface area contributed by atoms with Crippen molar-refractivity contribution in [2.45, 2.75) is 19.8 Å². The lowest BCUT2D eigenvalue weighted by molar-refractivity contribution is -0.118. The summed E-state index contributed by atoms with van der Waals surface area (Å²) in [5.74, 6) is 0.704. The fraction of sp³-hybridized carbons (Fsp3) is 0.217. The first-order chi connectivity index (χ1) is 15.0. The van der Waals surface area contributed by atoms with E-state index in [4.69, 9.17) is 4.74 Å². The zero-order valence-electron chi connectivity index (χ0n) is 17.0. The number of aromatic amines is 1. The maximum atomic E-state index is 12.3. The number of H-pyrrole nitrogens is 1. The van der Waals surface area contributed by atoms with Gasteiger partial charge in [0.25, 0.3) is 11.5 Å². The molecule has 1 heterocycles. The van der Waals surface area contributed by atoms with Crippen molar-refractivity contribution in [3.8, 4) is 17.1 Å². The van der Waals surface area contributed by atoms with Gasteiger partial charge in [0.05, 0.1) is 0 Å². The third kappa shape index (κ3) is 5.57. The van der Waals surface area contributed by atoms with Gasteiger partial charge in [0.15, 0.2) is 6.61 Å². The summed E-state index contributed by atoms with van der Waals surface area (Å²) < 4.78 is 5.56. The summed E-state index contributed by atoms with van der Waals surface area (Å²) in [5, 5.41) is 5.62. The Kier molecular flexibility index (Phi) is 5.79. The van der Waals surface area contributed by atoms with Gasteiger partial charge in [0.1, 0.15) is 11.6 Å². The van der Waals surface area contributed by atoms with E-state index in [1.807, 2.05) is 0 Å². The van der Waals surface area contributed by atoms with Crippen molar-refractivity contribution in [1.82, 2.24) is 9.97 Å². The molecule has 3 aromatic rings. The third-order valence-electron chi connectivity index (χ3n) is 4.71. The maximum absolute atomic E-state index is 12.3. The number of amides is 2. The smallest absolute Gasteiger partial charge is 0.262 e. The standard InChI is InChI=1S/C23H22N4O4/c1-14-10-20(28)27-22(24-14)16-4-2-5-17(11-16)25-21(29)13-31-19-7-3-6-18(12-19)26-23(30)15-8-9-15/h2-7,10-12,15H,8-9,13H2,1H3,(H,25,29)(H,26,30)(H,24,27,28). The van der Waals surface area contributed by atoms with Crippen LogP contribution in [0.15, 0.2) is 59.4 Å². The van der Waals surface area contributed by atoms with Crippen LogP contribution in [-0.4, -0.2) is 28.4 Å². The molecular weight excluding hydrogens is 396 g/mol. The average Bonchev–Trinajstić information content (AvgIpc) is 3.58. The van der Waals surface area contributed by atoms with Crippen LogP contribution in [0, 0.1) is 12.8 Å². The molecule has 8 nitrogen and oxygen atoms in total. The number of benzene rings is 2. The van der Waals surface area contributed by atoms with Gasteiger partial charge in [0.2, 0.25) is 5.91 Å². The first-order valence-corrected chi connectivity index (χ1v) is 9.98. The molecule has 0 spiro atoms. The zero-order valence-corrected chi connectivity index (χ0v) is 17.0. The molecule has 1 aromatic heterocycles. The minimum Gasteiger partial charge on any atom is -0.484 e. The molecule has 0 aliphatic heterocycles. The summed E-state index contributed by atoms with van der Waals surface area (Å²) in [4.78, 5) is 42.9. The van der Waals surface area contributed by atoms with Gasteiger partial charge in [-0.2, -0.15) is 0 Å². The Morgan fingerprint density at radius 1 is 1.06 bits per heavy atom. The molecule has 158 valence electrons.